The number of carbonyl (C=O) groups is 1. The van der Waals surface area contributed by atoms with E-state index in [0.29, 0.717) is 16.1 Å². The molecule has 7 nitrogen and oxygen atoms in total. The maximum Gasteiger partial charge on any atom is 0.252 e. The van der Waals surface area contributed by atoms with Crippen molar-refractivity contribution in [2.75, 3.05) is 6.54 Å². The van der Waals surface area contributed by atoms with Gasteiger partial charge in [-0.2, -0.15) is 5.10 Å². The Labute approximate surface area is 169 Å². The van der Waals surface area contributed by atoms with E-state index in [1.54, 1.807) is 12.1 Å². The minimum atomic E-state index is -1.55. The summed E-state index contributed by atoms with van der Waals surface area (Å²) in [6, 6.07) is 7.79. The topological polar surface area (TPSA) is 92.9 Å². The maximum atomic E-state index is 12.4. The quantitative estimate of drug-likeness (QED) is 0.591. The Kier molecular flexibility index (Phi) is 5.96. The number of nitrogens with one attached hydrogen (secondary N) is 1. The number of rotatable bonds is 6. The van der Waals surface area contributed by atoms with Crippen LogP contribution in [0.25, 0.3) is 0 Å². The van der Waals surface area contributed by atoms with Gasteiger partial charge in [0.05, 0.1) is 18.7 Å². The number of benzene rings is 1. The molecule has 140 valence electrons. The normalized spacial score (nSPS) is 13.2. The smallest absolute Gasteiger partial charge is 0.252 e. The van der Waals surface area contributed by atoms with Gasteiger partial charge in [-0.15, -0.1) is 0 Å². The fourth-order valence-electron chi connectivity index (χ4n) is 2.52. The SMILES string of the molecule is O=C(NCC(O)(Cn1cncn1)c1ccc(Cl)cc1Cl)c1ccc(Cl)nc1. The number of halogens is 3. The van der Waals surface area contributed by atoms with Gasteiger partial charge in [-0.1, -0.05) is 40.9 Å². The van der Waals surface area contributed by atoms with Crippen molar-refractivity contribution in [1.82, 2.24) is 25.1 Å². The summed E-state index contributed by atoms with van der Waals surface area (Å²) in [4.78, 5) is 20.1. The molecule has 1 atom stereocenters. The van der Waals surface area contributed by atoms with Crippen LogP contribution in [0.15, 0.2) is 49.2 Å². The van der Waals surface area contributed by atoms with Crippen molar-refractivity contribution in [3.63, 3.8) is 0 Å². The number of aromatic nitrogens is 4. The lowest BCUT2D eigenvalue weighted by molar-refractivity contribution is 0.0153. The molecule has 0 aliphatic rings. The molecule has 2 N–H and O–H groups in total. The van der Waals surface area contributed by atoms with Gasteiger partial charge >= 0.3 is 0 Å². The van der Waals surface area contributed by atoms with Gasteiger partial charge in [-0.3, -0.25) is 4.79 Å². The second kappa shape index (κ2) is 8.22. The van der Waals surface area contributed by atoms with Gasteiger partial charge in [0, 0.05) is 21.8 Å². The minimum Gasteiger partial charge on any atom is -0.381 e. The van der Waals surface area contributed by atoms with Crippen LogP contribution < -0.4 is 5.32 Å². The van der Waals surface area contributed by atoms with Crippen molar-refractivity contribution < 1.29 is 9.90 Å². The van der Waals surface area contributed by atoms with Crippen molar-refractivity contribution in [1.29, 1.82) is 0 Å². The zero-order chi connectivity index (χ0) is 19.4. The molecule has 2 heterocycles. The molecule has 0 radical (unpaired) electrons. The third-order valence-electron chi connectivity index (χ3n) is 3.85. The van der Waals surface area contributed by atoms with Gasteiger partial charge in [0.1, 0.15) is 23.4 Å². The highest BCUT2D eigenvalue weighted by Gasteiger charge is 2.33. The van der Waals surface area contributed by atoms with Crippen LogP contribution in [0.4, 0.5) is 0 Å². The highest BCUT2D eigenvalue weighted by molar-refractivity contribution is 6.35. The van der Waals surface area contributed by atoms with Gasteiger partial charge in [0.2, 0.25) is 0 Å². The highest BCUT2D eigenvalue weighted by Crippen LogP contribution is 2.31. The Morgan fingerprint density at radius 3 is 2.67 bits per heavy atom. The molecule has 3 rings (SSSR count). The molecule has 3 aromatic rings. The fraction of sp³-hybridized carbons (Fsp3) is 0.176. The Morgan fingerprint density at radius 1 is 1.22 bits per heavy atom. The number of carbonyl (C=O) groups excluding carboxylic acids is 1. The largest absolute Gasteiger partial charge is 0.381 e. The number of pyridine rings is 1. The standard InChI is InChI=1S/C17H14Cl3N5O2/c18-12-2-3-13(14(19)5-12)17(27,8-25-10-21-9-24-25)7-23-16(26)11-1-4-15(20)22-6-11/h1-6,9-10,27H,7-8H2,(H,23,26). The average molecular weight is 427 g/mol. The number of hydrogen-bond acceptors (Lipinski definition) is 5. The summed E-state index contributed by atoms with van der Waals surface area (Å²) in [6.07, 6.45) is 4.16. The first kappa shape index (κ1) is 19.6. The van der Waals surface area contributed by atoms with Crippen molar-refractivity contribution in [3.05, 3.63) is 75.5 Å². The molecule has 0 spiro atoms. The van der Waals surface area contributed by atoms with E-state index < -0.39 is 11.5 Å². The summed E-state index contributed by atoms with van der Waals surface area (Å²) < 4.78 is 1.45. The molecule has 0 saturated heterocycles. The Hall–Kier alpha value is -2.19. The molecular weight excluding hydrogens is 413 g/mol. The molecule has 1 aromatic carbocycles. The van der Waals surface area contributed by atoms with Crippen molar-refractivity contribution in [2.24, 2.45) is 0 Å². The zero-order valence-corrected chi connectivity index (χ0v) is 16.1. The third kappa shape index (κ3) is 4.75. The molecule has 1 amide bonds. The van der Waals surface area contributed by atoms with Gasteiger partial charge < -0.3 is 10.4 Å². The zero-order valence-electron chi connectivity index (χ0n) is 13.8. The van der Waals surface area contributed by atoms with Gasteiger partial charge in [-0.25, -0.2) is 14.6 Å². The van der Waals surface area contributed by atoms with E-state index in [1.807, 2.05) is 0 Å². The predicted octanol–water partition coefficient (Wildman–Crippen LogP) is 2.95. The third-order valence-corrected chi connectivity index (χ3v) is 4.62. The maximum absolute atomic E-state index is 12.4. The average Bonchev–Trinajstić information content (AvgIpc) is 3.13. The first-order valence-corrected chi connectivity index (χ1v) is 8.91. The highest BCUT2D eigenvalue weighted by atomic mass is 35.5. The van der Waals surface area contributed by atoms with E-state index in [4.69, 9.17) is 34.8 Å². The summed E-state index contributed by atoms with van der Waals surface area (Å²) in [7, 11) is 0. The lowest BCUT2D eigenvalue weighted by Crippen LogP contribution is -2.44. The molecule has 2 aromatic heterocycles. The molecule has 0 fully saturated rings. The summed E-state index contributed by atoms with van der Waals surface area (Å²) in [5, 5.41) is 19.0. The first-order chi connectivity index (χ1) is 12.9. The number of aliphatic hydroxyl groups is 1. The van der Waals surface area contributed by atoms with E-state index in [9.17, 15) is 9.90 Å². The Bertz CT molecular complexity index is 934. The van der Waals surface area contributed by atoms with E-state index in [2.05, 4.69) is 20.4 Å². The van der Waals surface area contributed by atoms with Crippen molar-refractivity contribution >= 4 is 40.7 Å². The monoisotopic (exact) mass is 425 g/mol. The van der Waals surface area contributed by atoms with E-state index >= 15 is 0 Å². The molecular formula is C17H14Cl3N5O2. The second-order valence-corrected chi connectivity index (χ2v) is 7.03. The van der Waals surface area contributed by atoms with Gasteiger partial charge in [0.15, 0.2) is 0 Å². The van der Waals surface area contributed by atoms with E-state index in [1.165, 1.54) is 41.7 Å². The number of nitrogens with zero attached hydrogens (tertiary/aromatic N) is 4. The van der Waals surface area contributed by atoms with Crippen molar-refractivity contribution in [2.45, 2.75) is 12.1 Å². The second-order valence-electron chi connectivity index (χ2n) is 5.80. The van der Waals surface area contributed by atoms with Crippen LogP contribution in [-0.2, 0) is 12.1 Å². The van der Waals surface area contributed by atoms with Gasteiger partial charge in [-0.05, 0) is 24.3 Å². The summed E-state index contributed by atoms with van der Waals surface area (Å²) in [5.41, 5.74) is -0.839. The van der Waals surface area contributed by atoms with E-state index in [0.717, 1.165) is 0 Å². The molecule has 0 saturated carbocycles. The molecule has 0 aliphatic carbocycles. The lowest BCUT2D eigenvalue weighted by atomic mass is 9.93. The fourth-order valence-corrected chi connectivity index (χ4v) is 3.22. The van der Waals surface area contributed by atoms with Crippen LogP contribution in [0, 0.1) is 0 Å². The van der Waals surface area contributed by atoms with Crippen LogP contribution in [0.1, 0.15) is 15.9 Å². The summed E-state index contributed by atoms with van der Waals surface area (Å²) in [5.74, 6) is -0.415. The summed E-state index contributed by atoms with van der Waals surface area (Å²) >= 11 is 18.0. The summed E-state index contributed by atoms with van der Waals surface area (Å²) in [6.45, 7) is -0.108. The van der Waals surface area contributed by atoms with E-state index in [-0.39, 0.29) is 23.3 Å². The molecule has 27 heavy (non-hydrogen) atoms. The molecule has 0 bridgehead atoms. The lowest BCUT2D eigenvalue weighted by Gasteiger charge is -2.29. The molecule has 10 heteroatoms. The van der Waals surface area contributed by atoms with Crippen LogP contribution in [0.5, 0.6) is 0 Å². The number of amides is 1. The predicted molar refractivity (Wildman–Crippen MR) is 102 cm³/mol. The van der Waals surface area contributed by atoms with Crippen molar-refractivity contribution in [3.8, 4) is 0 Å². The number of hydrogen-bond donors (Lipinski definition) is 2. The Morgan fingerprint density at radius 2 is 2.04 bits per heavy atom. The minimum absolute atomic E-state index is 0.0213. The van der Waals surface area contributed by atoms with Crippen LogP contribution in [-0.4, -0.2) is 37.3 Å². The first-order valence-electron chi connectivity index (χ1n) is 7.77. The van der Waals surface area contributed by atoms with Crippen LogP contribution in [0.2, 0.25) is 15.2 Å². The Balaban J connectivity index is 1.85. The van der Waals surface area contributed by atoms with Crippen LogP contribution >= 0.6 is 34.8 Å². The molecule has 1 unspecified atom stereocenters. The van der Waals surface area contributed by atoms with Crippen LogP contribution in [0.3, 0.4) is 0 Å². The van der Waals surface area contributed by atoms with Gasteiger partial charge in [0.25, 0.3) is 5.91 Å². The molecule has 0 aliphatic heterocycles.